The molecule has 0 aliphatic carbocycles. The van der Waals surface area contributed by atoms with Crippen molar-refractivity contribution in [1.82, 2.24) is 0 Å². The van der Waals surface area contributed by atoms with Gasteiger partial charge in [-0.2, -0.15) is 0 Å². The predicted molar refractivity (Wildman–Crippen MR) is 115 cm³/mol. The predicted octanol–water partition coefficient (Wildman–Crippen LogP) is 5.24. The number of carbonyl (C=O) groups excluding carboxylic acids is 2. The summed E-state index contributed by atoms with van der Waals surface area (Å²) in [6.45, 7) is -0.296. The molecule has 0 heterocycles. The van der Waals surface area contributed by atoms with E-state index in [1.54, 1.807) is 42.5 Å². The Hall–Kier alpha value is -3.22. The maximum absolute atomic E-state index is 12.4. The normalized spacial score (nSPS) is 10.2. The number of methoxy groups -OCH3 is 1. The first-order valence-corrected chi connectivity index (χ1v) is 9.55. The summed E-state index contributed by atoms with van der Waals surface area (Å²) in [5.74, 6) is 0.255. The molecule has 3 aromatic carbocycles. The van der Waals surface area contributed by atoms with E-state index >= 15 is 0 Å². The van der Waals surface area contributed by atoms with Crippen molar-refractivity contribution in [3.63, 3.8) is 0 Å². The molecule has 0 saturated heterocycles. The van der Waals surface area contributed by atoms with Gasteiger partial charge < -0.3 is 19.5 Å². The molecular formula is C22H17Cl2NO5. The van der Waals surface area contributed by atoms with Crippen LogP contribution in [0.5, 0.6) is 17.2 Å². The molecule has 0 bridgehead atoms. The number of rotatable bonds is 7. The zero-order chi connectivity index (χ0) is 21.5. The molecule has 0 aliphatic heterocycles. The first-order valence-electron chi connectivity index (χ1n) is 8.79. The van der Waals surface area contributed by atoms with E-state index in [-0.39, 0.29) is 18.3 Å². The van der Waals surface area contributed by atoms with Gasteiger partial charge in [0.1, 0.15) is 5.75 Å². The summed E-state index contributed by atoms with van der Waals surface area (Å²) < 4.78 is 15.8. The van der Waals surface area contributed by atoms with Gasteiger partial charge in [0, 0.05) is 10.6 Å². The van der Waals surface area contributed by atoms with Gasteiger partial charge in [0.05, 0.1) is 17.8 Å². The van der Waals surface area contributed by atoms with Gasteiger partial charge in [-0.3, -0.25) is 4.79 Å². The minimum absolute atomic E-state index is 0.279. The second-order valence-corrected chi connectivity index (χ2v) is 6.86. The summed E-state index contributed by atoms with van der Waals surface area (Å²) in [6.07, 6.45) is 0. The van der Waals surface area contributed by atoms with Crippen molar-refractivity contribution < 1.29 is 23.8 Å². The summed E-state index contributed by atoms with van der Waals surface area (Å²) in [4.78, 5) is 24.4. The lowest BCUT2D eigenvalue weighted by Gasteiger charge is -2.10. The Labute approximate surface area is 183 Å². The van der Waals surface area contributed by atoms with E-state index in [1.165, 1.54) is 31.4 Å². The van der Waals surface area contributed by atoms with Gasteiger partial charge >= 0.3 is 5.97 Å². The lowest BCUT2D eigenvalue weighted by Crippen LogP contribution is -2.18. The minimum Gasteiger partial charge on any atom is -0.493 e. The van der Waals surface area contributed by atoms with Crippen LogP contribution in [0.3, 0.4) is 0 Å². The molecule has 1 amide bonds. The van der Waals surface area contributed by atoms with E-state index in [2.05, 4.69) is 5.32 Å². The van der Waals surface area contributed by atoms with Gasteiger partial charge in [0.15, 0.2) is 18.1 Å². The Kier molecular flexibility index (Phi) is 7.17. The molecule has 3 aromatic rings. The number of esters is 1. The fourth-order valence-corrected chi connectivity index (χ4v) is 2.83. The van der Waals surface area contributed by atoms with Gasteiger partial charge in [-0.15, -0.1) is 0 Å². The maximum Gasteiger partial charge on any atom is 0.349 e. The largest absolute Gasteiger partial charge is 0.493 e. The smallest absolute Gasteiger partial charge is 0.349 e. The van der Waals surface area contributed by atoms with E-state index in [9.17, 15) is 9.59 Å². The first kappa shape index (κ1) is 21.5. The van der Waals surface area contributed by atoms with Crippen molar-refractivity contribution in [2.75, 3.05) is 19.0 Å². The van der Waals surface area contributed by atoms with Crippen molar-refractivity contribution in [2.24, 2.45) is 0 Å². The minimum atomic E-state index is -0.594. The van der Waals surface area contributed by atoms with Crippen LogP contribution in [-0.4, -0.2) is 25.6 Å². The van der Waals surface area contributed by atoms with Gasteiger partial charge in [0.2, 0.25) is 0 Å². The topological polar surface area (TPSA) is 73.9 Å². The third-order valence-corrected chi connectivity index (χ3v) is 4.50. The Bertz CT molecular complexity index is 1050. The molecule has 3 rings (SSSR count). The summed E-state index contributed by atoms with van der Waals surface area (Å²) in [6, 6.07) is 17.8. The van der Waals surface area contributed by atoms with Crippen molar-refractivity contribution >= 4 is 40.8 Å². The number of benzene rings is 3. The van der Waals surface area contributed by atoms with Crippen LogP contribution < -0.4 is 19.5 Å². The zero-order valence-corrected chi connectivity index (χ0v) is 17.4. The summed E-state index contributed by atoms with van der Waals surface area (Å²) >= 11 is 12.0. The number of nitrogens with one attached hydrogen (secondary N) is 1. The van der Waals surface area contributed by atoms with Crippen LogP contribution in [-0.2, 0) is 4.79 Å². The fraction of sp³-hybridized carbons (Fsp3) is 0.0909. The Morgan fingerprint density at radius 3 is 2.33 bits per heavy atom. The standard InChI is InChI=1S/C22H17Cl2NO5/c1-28-19-4-2-3-5-20(19)29-13-21(26)30-16-9-6-14(7-10-16)22(27)25-18-12-15(23)8-11-17(18)24/h2-12H,13H2,1H3,(H,25,27). The molecule has 0 fully saturated rings. The van der Waals surface area contributed by atoms with Crippen LogP contribution in [0.4, 0.5) is 5.69 Å². The van der Waals surface area contributed by atoms with E-state index in [4.69, 9.17) is 37.4 Å². The number of ether oxygens (including phenoxy) is 3. The van der Waals surface area contributed by atoms with Crippen LogP contribution in [0.2, 0.25) is 10.0 Å². The SMILES string of the molecule is COc1ccccc1OCC(=O)Oc1ccc(C(=O)Nc2cc(Cl)ccc2Cl)cc1. The molecule has 8 heteroatoms. The van der Waals surface area contributed by atoms with Gasteiger partial charge in [-0.25, -0.2) is 4.79 Å². The van der Waals surface area contributed by atoms with E-state index in [0.717, 1.165) is 0 Å². The molecule has 1 N–H and O–H groups in total. The molecule has 0 unspecified atom stereocenters. The number of anilines is 1. The summed E-state index contributed by atoms with van der Waals surface area (Å²) in [5.41, 5.74) is 0.759. The molecule has 0 spiro atoms. The highest BCUT2D eigenvalue weighted by atomic mass is 35.5. The summed E-state index contributed by atoms with van der Waals surface area (Å²) in [5, 5.41) is 3.50. The molecule has 154 valence electrons. The monoisotopic (exact) mass is 445 g/mol. The number of hydrogen-bond acceptors (Lipinski definition) is 5. The number of amides is 1. The van der Waals surface area contributed by atoms with Crippen molar-refractivity contribution in [1.29, 1.82) is 0 Å². The van der Waals surface area contributed by atoms with Crippen LogP contribution in [0.1, 0.15) is 10.4 Å². The lowest BCUT2D eigenvalue weighted by atomic mass is 10.2. The molecule has 0 aliphatic rings. The van der Waals surface area contributed by atoms with E-state index in [1.807, 2.05) is 0 Å². The second kappa shape index (κ2) is 10.0. The van der Waals surface area contributed by atoms with Crippen LogP contribution in [0.15, 0.2) is 66.7 Å². The van der Waals surface area contributed by atoms with E-state index < -0.39 is 5.97 Å². The molecule has 30 heavy (non-hydrogen) atoms. The Morgan fingerprint density at radius 1 is 0.933 bits per heavy atom. The van der Waals surface area contributed by atoms with Crippen LogP contribution in [0, 0.1) is 0 Å². The van der Waals surface area contributed by atoms with Crippen molar-refractivity contribution in [3.8, 4) is 17.2 Å². The first-order chi connectivity index (χ1) is 14.5. The van der Waals surface area contributed by atoms with Crippen molar-refractivity contribution in [2.45, 2.75) is 0 Å². The summed E-state index contributed by atoms with van der Waals surface area (Å²) in [7, 11) is 1.51. The maximum atomic E-state index is 12.4. The fourth-order valence-electron chi connectivity index (χ4n) is 2.50. The molecular weight excluding hydrogens is 429 g/mol. The number of para-hydroxylation sites is 2. The molecule has 0 saturated carbocycles. The van der Waals surface area contributed by atoms with Crippen LogP contribution >= 0.6 is 23.2 Å². The number of carbonyl (C=O) groups is 2. The highest BCUT2D eigenvalue weighted by molar-refractivity contribution is 6.35. The zero-order valence-electron chi connectivity index (χ0n) is 15.9. The average Bonchev–Trinajstić information content (AvgIpc) is 2.75. The van der Waals surface area contributed by atoms with E-state index in [0.29, 0.717) is 32.8 Å². The molecule has 6 nitrogen and oxygen atoms in total. The third kappa shape index (κ3) is 5.65. The Morgan fingerprint density at radius 2 is 1.63 bits per heavy atom. The van der Waals surface area contributed by atoms with Gasteiger partial charge in [0.25, 0.3) is 5.91 Å². The van der Waals surface area contributed by atoms with Crippen LogP contribution in [0.25, 0.3) is 0 Å². The van der Waals surface area contributed by atoms with Gasteiger partial charge in [-0.1, -0.05) is 35.3 Å². The number of hydrogen-bond donors (Lipinski definition) is 1. The molecule has 0 radical (unpaired) electrons. The molecule has 0 atom stereocenters. The quantitative estimate of drug-likeness (QED) is 0.397. The highest BCUT2D eigenvalue weighted by Crippen LogP contribution is 2.27. The van der Waals surface area contributed by atoms with Gasteiger partial charge in [-0.05, 0) is 54.6 Å². The average molecular weight is 446 g/mol. The lowest BCUT2D eigenvalue weighted by molar-refractivity contribution is -0.136. The van der Waals surface area contributed by atoms with Crippen molar-refractivity contribution in [3.05, 3.63) is 82.3 Å². The third-order valence-electron chi connectivity index (χ3n) is 3.94. The Balaban J connectivity index is 1.56. The number of halogens is 2. The second-order valence-electron chi connectivity index (χ2n) is 6.02. The molecule has 0 aromatic heterocycles. The highest BCUT2D eigenvalue weighted by Gasteiger charge is 2.12.